The van der Waals surface area contributed by atoms with E-state index in [1.54, 1.807) is 0 Å². The first-order chi connectivity index (χ1) is 8.57. The van der Waals surface area contributed by atoms with Crippen molar-refractivity contribution in [3.05, 3.63) is 12.2 Å². The van der Waals surface area contributed by atoms with Crippen molar-refractivity contribution in [1.82, 2.24) is 0 Å². The summed E-state index contributed by atoms with van der Waals surface area (Å²) in [4.78, 5) is 21.9. The number of ether oxygens (including phenoxy) is 1. The third-order valence-corrected chi connectivity index (χ3v) is 2.19. The molecule has 0 heterocycles. The number of carboxylic acids is 1. The SMILES string of the molecule is C=C(C)C(=O)O[C@](O)(C(=O)[O-])[C@@H](O)[C@H](O)[C@H](O)CO.[K+]. The van der Waals surface area contributed by atoms with Gasteiger partial charge in [-0.05, 0) is 6.92 Å². The zero-order valence-corrected chi connectivity index (χ0v) is 14.1. The van der Waals surface area contributed by atoms with Crippen molar-refractivity contribution in [3.63, 3.8) is 0 Å². The van der Waals surface area contributed by atoms with Gasteiger partial charge < -0.3 is 40.2 Å². The van der Waals surface area contributed by atoms with Gasteiger partial charge in [-0.2, -0.15) is 0 Å². The molecule has 110 valence electrons. The van der Waals surface area contributed by atoms with Crippen LogP contribution in [0.25, 0.3) is 0 Å². The molecule has 0 saturated carbocycles. The van der Waals surface area contributed by atoms with Gasteiger partial charge in [0.1, 0.15) is 18.2 Å². The third-order valence-electron chi connectivity index (χ3n) is 2.19. The fourth-order valence-electron chi connectivity index (χ4n) is 1.00. The first-order valence-electron chi connectivity index (χ1n) is 5.05. The molecule has 0 radical (unpaired) electrons. The topological polar surface area (TPSA) is 168 Å². The Morgan fingerprint density at radius 1 is 1.35 bits per heavy atom. The molecule has 0 bridgehead atoms. The summed E-state index contributed by atoms with van der Waals surface area (Å²) in [6.45, 7) is 3.23. The fourth-order valence-corrected chi connectivity index (χ4v) is 1.00. The second-order valence-electron chi connectivity index (χ2n) is 3.84. The summed E-state index contributed by atoms with van der Waals surface area (Å²) in [5.41, 5.74) is -0.288. The van der Waals surface area contributed by atoms with Crippen LogP contribution in [-0.2, 0) is 14.3 Å². The summed E-state index contributed by atoms with van der Waals surface area (Å²) in [5, 5.41) is 56.6. The molecular formula is C10H15KO9. The Labute approximate surface area is 156 Å². The van der Waals surface area contributed by atoms with Gasteiger partial charge in [-0.15, -0.1) is 0 Å². The first kappa shape index (κ1) is 22.4. The summed E-state index contributed by atoms with van der Waals surface area (Å²) in [6, 6.07) is 0. The van der Waals surface area contributed by atoms with Crippen LogP contribution in [0.2, 0.25) is 0 Å². The second kappa shape index (κ2) is 9.20. The van der Waals surface area contributed by atoms with Gasteiger partial charge in [0.25, 0.3) is 5.79 Å². The largest absolute Gasteiger partial charge is 1.00 e. The number of esters is 1. The molecule has 0 aromatic carbocycles. The Morgan fingerprint density at radius 3 is 2.10 bits per heavy atom. The normalized spacial score (nSPS) is 17.9. The molecule has 0 aromatic rings. The van der Waals surface area contributed by atoms with Gasteiger partial charge in [0.15, 0.2) is 6.10 Å². The maximum Gasteiger partial charge on any atom is 1.00 e. The van der Waals surface area contributed by atoms with E-state index in [0.29, 0.717) is 0 Å². The van der Waals surface area contributed by atoms with Crippen molar-refractivity contribution in [2.45, 2.75) is 31.0 Å². The zero-order valence-electron chi connectivity index (χ0n) is 11.0. The van der Waals surface area contributed by atoms with Gasteiger partial charge in [-0.1, -0.05) is 6.58 Å². The number of hydrogen-bond donors (Lipinski definition) is 5. The van der Waals surface area contributed by atoms with Gasteiger partial charge in [-0.3, -0.25) is 0 Å². The maximum atomic E-state index is 11.2. The van der Waals surface area contributed by atoms with E-state index in [0.717, 1.165) is 6.92 Å². The van der Waals surface area contributed by atoms with Crippen LogP contribution < -0.4 is 56.5 Å². The molecule has 9 nitrogen and oxygen atoms in total. The van der Waals surface area contributed by atoms with E-state index in [4.69, 9.17) is 10.2 Å². The fraction of sp³-hybridized carbons (Fsp3) is 0.600. The molecule has 0 aliphatic heterocycles. The number of aliphatic hydroxyl groups excluding tert-OH is 4. The number of aliphatic hydroxyl groups is 5. The molecule has 10 heteroatoms. The van der Waals surface area contributed by atoms with Crippen molar-refractivity contribution >= 4 is 11.9 Å². The van der Waals surface area contributed by atoms with Crippen LogP contribution in [0.5, 0.6) is 0 Å². The van der Waals surface area contributed by atoms with Crippen molar-refractivity contribution < 1.29 is 96.3 Å². The molecule has 0 aromatic heterocycles. The summed E-state index contributed by atoms with van der Waals surface area (Å²) in [7, 11) is 0. The Kier molecular flexibility index (Phi) is 10.3. The van der Waals surface area contributed by atoms with Gasteiger partial charge >= 0.3 is 57.4 Å². The van der Waals surface area contributed by atoms with Crippen molar-refractivity contribution in [2.75, 3.05) is 6.61 Å². The van der Waals surface area contributed by atoms with Crippen molar-refractivity contribution in [2.24, 2.45) is 0 Å². The standard InChI is InChI=1S/C10H16O9.K/c1-4(2)8(15)19-10(18,9(16)17)7(14)6(13)5(12)3-11;/h5-7,11-14,18H,1,3H2,2H3,(H,16,17);/q;+1/p-1/t5-,6-,7+,10+;/m1./s1. The molecule has 0 rings (SSSR count). The van der Waals surface area contributed by atoms with Crippen LogP contribution in [0.15, 0.2) is 12.2 Å². The zero-order chi connectivity index (χ0) is 15.4. The molecule has 0 spiro atoms. The van der Waals surface area contributed by atoms with E-state index in [2.05, 4.69) is 11.3 Å². The Bertz CT molecular complexity index is 372. The average Bonchev–Trinajstić information content (AvgIpc) is 2.35. The predicted molar refractivity (Wildman–Crippen MR) is 56.0 cm³/mol. The molecule has 4 atom stereocenters. The minimum atomic E-state index is -3.61. The van der Waals surface area contributed by atoms with Gasteiger partial charge in [0, 0.05) is 5.57 Å². The number of carbonyl (C=O) groups is 2. The molecule has 0 amide bonds. The smallest absolute Gasteiger partial charge is 0.543 e. The maximum absolute atomic E-state index is 11.2. The number of rotatable bonds is 7. The molecule has 0 saturated heterocycles. The molecule has 20 heavy (non-hydrogen) atoms. The molecular weight excluding hydrogens is 303 g/mol. The molecule has 0 aliphatic rings. The second-order valence-corrected chi connectivity index (χ2v) is 3.84. The summed E-state index contributed by atoms with van der Waals surface area (Å²) < 4.78 is 4.09. The van der Waals surface area contributed by atoms with Crippen molar-refractivity contribution in [3.8, 4) is 0 Å². The minimum absolute atomic E-state index is 0. The minimum Gasteiger partial charge on any atom is -0.543 e. The molecule has 5 N–H and O–H groups in total. The van der Waals surface area contributed by atoms with Gasteiger partial charge in [-0.25, -0.2) is 4.79 Å². The van der Waals surface area contributed by atoms with Crippen LogP contribution >= 0.6 is 0 Å². The third kappa shape index (κ3) is 5.48. The quantitative estimate of drug-likeness (QED) is 0.132. The average molecular weight is 318 g/mol. The van der Waals surface area contributed by atoms with Crippen LogP contribution in [0, 0.1) is 0 Å². The van der Waals surface area contributed by atoms with Gasteiger partial charge in [0.2, 0.25) is 0 Å². The van der Waals surface area contributed by atoms with E-state index in [1.807, 2.05) is 0 Å². The molecule has 0 unspecified atom stereocenters. The Hall–Kier alpha value is 0.116. The predicted octanol–water partition coefficient (Wildman–Crippen LogP) is -7.38. The Balaban J connectivity index is 0. The van der Waals surface area contributed by atoms with E-state index < -0.39 is 42.6 Å². The summed E-state index contributed by atoms with van der Waals surface area (Å²) in [6.07, 6.45) is -6.92. The van der Waals surface area contributed by atoms with Crippen LogP contribution in [0.1, 0.15) is 6.92 Å². The van der Waals surface area contributed by atoms with Crippen LogP contribution in [0.3, 0.4) is 0 Å². The number of hydrogen-bond acceptors (Lipinski definition) is 9. The summed E-state index contributed by atoms with van der Waals surface area (Å²) in [5.74, 6) is -7.39. The van der Waals surface area contributed by atoms with E-state index in [-0.39, 0.29) is 57.0 Å². The number of carbonyl (C=O) groups excluding carboxylic acids is 2. The molecule has 0 aliphatic carbocycles. The van der Waals surface area contributed by atoms with Gasteiger partial charge in [0.05, 0.1) is 6.61 Å². The molecule has 0 fully saturated rings. The van der Waals surface area contributed by atoms with Crippen LogP contribution in [-0.4, -0.2) is 68.2 Å². The number of carboxylic acid groups (broad SMARTS) is 1. The van der Waals surface area contributed by atoms with E-state index in [1.165, 1.54) is 0 Å². The first-order valence-corrected chi connectivity index (χ1v) is 5.05. The van der Waals surface area contributed by atoms with Crippen LogP contribution in [0.4, 0.5) is 0 Å². The van der Waals surface area contributed by atoms with Crippen molar-refractivity contribution in [1.29, 1.82) is 0 Å². The Morgan fingerprint density at radius 2 is 1.80 bits per heavy atom. The van der Waals surface area contributed by atoms with E-state index >= 15 is 0 Å². The monoisotopic (exact) mass is 318 g/mol. The van der Waals surface area contributed by atoms with E-state index in [9.17, 15) is 30.0 Å². The number of aliphatic carboxylic acids is 1. The summed E-state index contributed by atoms with van der Waals surface area (Å²) >= 11 is 0.